The highest BCUT2D eigenvalue weighted by atomic mass is 32.2. The van der Waals surface area contributed by atoms with Crippen molar-refractivity contribution in [3.63, 3.8) is 0 Å². The highest BCUT2D eigenvalue weighted by Gasteiger charge is 2.13. The minimum atomic E-state index is -3.15. The van der Waals surface area contributed by atoms with Gasteiger partial charge < -0.3 is 4.57 Å². The third kappa shape index (κ3) is 4.70. The van der Waals surface area contributed by atoms with Crippen LogP contribution in [0.5, 0.6) is 0 Å². The van der Waals surface area contributed by atoms with Crippen molar-refractivity contribution in [3.05, 3.63) is 48.5 Å². The molecule has 0 aliphatic rings. The van der Waals surface area contributed by atoms with Gasteiger partial charge in [-0.25, -0.2) is 13.4 Å². The molecule has 0 saturated heterocycles. The third-order valence-corrected chi connectivity index (χ3v) is 5.54. The van der Waals surface area contributed by atoms with Gasteiger partial charge in [0.2, 0.25) is 0 Å². The molecule has 2 aromatic rings. The van der Waals surface area contributed by atoms with Crippen molar-refractivity contribution in [2.75, 3.05) is 5.75 Å². The Morgan fingerprint density at radius 2 is 1.86 bits per heavy atom. The molecular formula is C17H24N2O2S. The van der Waals surface area contributed by atoms with Crippen molar-refractivity contribution in [2.24, 2.45) is 0 Å². The number of aryl methyl sites for hydroxylation is 2. The van der Waals surface area contributed by atoms with E-state index in [-0.39, 0.29) is 5.75 Å². The lowest BCUT2D eigenvalue weighted by Gasteiger charge is -2.08. The zero-order valence-corrected chi connectivity index (χ0v) is 13.9. The van der Waals surface area contributed by atoms with Crippen LogP contribution in [0.25, 0.3) is 0 Å². The molecule has 120 valence electrons. The van der Waals surface area contributed by atoms with Crippen molar-refractivity contribution in [3.8, 4) is 0 Å². The van der Waals surface area contributed by atoms with Crippen LogP contribution in [-0.2, 0) is 22.8 Å². The highest BCUT2D eigenvalue weighted by Crippen LogP contribution is 2.13. The molecule has 0 atom stereocenters. The number of hydrogen-bond donors (Lipinski definition) is 0. The van der Waals surface area contributed by atoms with E-state index in [1.165, 1.54) is 0 Å². The molecule has 1 heterocycles. The van der Waals surface area contributed by atoms with Gasteiger partial charge >= 0.3 is 0 Å². The molecule has 1 aromatic carbocycles. The molecule has 22 heavy (non-hydrogen) atoms. The monoisotopic (exact) mass is 320 g/mol. The van der Waals surface area contributed by atoms with E-state index in [1.54, 1.807) is 24.3 Å². The van der Waals surface area contributed by atoms with Crippen LogP contribution in [0.4, 0.5) is 0 Å². The molecule has 0 unspecified atom stereocenters. The van der Waals surface area contributed by atoms with Crippen molar-refractivity contribution in [1.29, 1.82) is 0 Å². The minimum absolute atomic E-state index is 0.204. The second kappa shape index (κ2) is 8.13. The van der Waals surface area contributed by atoms with Gasteiger partial charge in [-0.3, -0.25) is 0 Å². The van der Waals surface area contributed by atoms with Crippen molar-refractivity contribution in [2.45, 2.75) is 50.5 Å². The summed E-state index contributed by atoms with van der Waals surface area (Å²) in [7, 11) is -3.15. The molecule has 4 nitrogen and oxygen atoms in total. The van der Waals surface area contributed by atoms with E-state index >= 15 is 0 Å². The van der Waals surface area contributed by atoms with E-state index in [4.69, 9.17) is 0 Å². The number of sulfone groups is 1. The van der Waals surface area contributed by atoms with Gasteiger partial charge in [-0.05, 0) is 31.4 Å². The first-order valence-electron chi connectivity index (χ1n) is 7.91. The summed E-state index contributed by atoms with van der Waals surface area (Å²) in [6.45, 7) is 3.01. The molecule has 1 aromatic heterocycles. The van der Waals surface area contributed by atoms with Gasteiger partial charge in [0.05, 0.1) is 10.6 Å². The van der Waals surface area contributed by atoms with Crippen LogP contribution in [-0.4, -0.2) is 23.7 Å². The molecule has 0 aliphatic carbocycles. The molecule has 0 fully saturated rings. The summed E-state index contributed by atoms with van der Waals surface area (Å²) in [6, 6.07) is 8.68. The van der Waals surface area contributed by atoms with E-state index in [0.717, 1.165) is 38.1 Å². The molecule has 0 spiro atoms. The predicted octanol–water partition coefficient (Wildman–Crippen LogP) is 3.48. The van der Waals surface area contributed by atoms with E-state index in [0.29, 0.717) is 11.3 Å². The highest BCUT2D eigenvalue weighted by molar-refractivity contribution is 7.91. The summed E-state index contributed by atoms with van der Waals surface area (Å²) in [4.78, 5) is 4.79. The Balaban J connectivity index is 1.81. The van der Waals surface area contributed by atoms with E-state index in [1.807, 2.05) is 18.5 Å². The zero-order chi connectivity index (χ0) is 15.8. The molecule has 0 N–H and O–H groups in total. The largest absolute Gasteiger partial charge is 0.335 e. The lowest BCUT2D eigenvalue weighted by atomic mass is 10.2. The van der Waals surface area contributed by atoms with Crippen molar-refractivity contribution >= 4 is 9.84 Å². The van der Waals surface area contributed by atoms with Crippen LogP contribution in [0.2, 0.25) is 0 Å². The lowest BCUT2D eigenvalue weighted by Crippen LogP contribution is -2.09. The number of aromatic nitrogens is 2. The number of imidazole rings is 1. The predicted molar refractivity (Wildman–Crippen MR) is 88.6 cm³/mol. The van der Waals surface area contributed by atoms with E-state index < -0.39 is 9.84 Å². The quantitative estimate of drug-likeness (QED) is 0.665. The standard InChI is InChI=1S/C17H24N2O2S/c1-2-3-11-17-18-12-14-19(17)13-7-8-15-22(20,21)16-9-5-4-6-10-16/h4-6,9-10,12,14H,2-3,7-8,11,13,15H2,1H3. The Kier molecular flexibility index (Phi) is 6.19. The fourth-order valence-corrected chi connectivity index (χ4v) is 3.82. The Bertz CT molecular complexity index is 663. The summed E-state index contributed by atoms with van der Waals surface area (Å²) in [5.74, 6) is 1.31. The molecule has 0 saturated carbocycles. The number of nitrogens with zero attached hydrogens (tertiary/aromatic N) is 2. The van der Waals surface area contributed by atoms with Gasteiger partial charge in [0.15, 0.2) is 9.84 Å². The topological polar surface area (TPSA) is 52.0 Å². The van der Waals surface area contributed by atoms with Gasteiger partial charge in [0.25, 0.3) is 0 Å². The molecule has 2 rings (SSSR count). The molecule has 0 radical (unpaired) electrons. The van der Waals surface area contributed by atoms with Crippen LogP contribution in [0.1, 0.15) is 38.4 Å². The average Bonchev–Trinajstić information content (AvgIpc) is 2.98. The second-order valence-electron chi connectivity index (χ2n) is 5.48. The summed E-state index contributed by atoms with van der Waals surface area (Å²) < 4.78 is 26.5. The number of rotatable bonds is 9. The van der Waals surface area contributed by atoms with Gasteiger partial charge in [0.1, 0.15) is 5.82 Å². The maximum atomic E-state index is 12.2. The van der Waals surface area contributed by atoms with Crippen LogP contribution in [0.3, 0.4) is 0 Å². The minimum Gasteiger partial charge on any atom is -0.335 e. The molecule has 0 bridgehead atoms. The first-order chi connectivity index (χ1) is 10.6. The average molecular weight is 320 g/mol. The van der Waals surface area contributed by atoms with Gasteiger partial charge in [-0.15, -0.1) is 0 Å². The third-order valence-electron chi connectivity index (χ3n) is 3.72. The summed E-state index contributed by atoms with van der Waals surface area (Å²) in [5.41, 5.74) is 0. The van der Waals surface area contributed by atoms with Crippen LogP contribution >= 0.6 is 0 Å². The number of unbranched alkanes of at least 4 members (excludes halogenated alkanes) is 2. The normalized spacial score (nSPS) is 11.7. The fraction of sp³-hybridized carbons (Fsp3) is 0.471. The maximum Gasteiger partial charge on any atom is 0.178 e. The van der Waals surface area contributed by atoms with Crippen LogP contribution < -0.4 is 0 Å². The Morgan fingerprint density at radius 1 is 1.09 bits per heavy atom. The second-order valence-corrected chi connectivity index (χ2v) is 7.59. The maximum absolute atomic E-state index is 12.2. The zero-order valence-electron chi connectivity index (χ0n) is 13.1. The fourth-order valence-electron chi connectivity index (χ4n) is 2.43. The molecule has 0 aliphatic heterocycles. The first-order valence-corrected chi connectivity index (χ1v) is 9.56. The van der Waals surface area contributed by atoms with Crippen molar-refractivity contribution in [1.82, 2.24) is 9.55 Å². The van der Waals surface area contributed by atoms with E-state index in [9.17, 15) is 8.42 Å². The van der Waals surface area contributed by atoms with E-state index in [2.05, 4.69) is 16.5 Å². The lowest BCUT2D eigenvalue weighted by molar-refractivity contribution is 0.572. The Hall–Kier alpha value is -1.62. The van der Waals surface area contributed by atoms with Crippen LogP contribution in [0.15, 0.2) is 47.6 Å². The van der Waals surface area contributed by atoms with Gasteiger partial charge in [0, 0.05) is 25.4 Å². The summed E-state index contributed by atoms with van der Waals surface area (Å²) >= 11 is 0. The first kappa shape index (κ1) is 16.7. The molecule has 5 heteroatoms. The van der Waals surface area contributed by atoms with Crippen molar-refractivity contribution < 1.29 is 8.42 Å². The summed E-state index contributed by atoms with van der Waals surface area (Å²) in [6.07, 6.45) is 8.61. The van der Waals surface area contributed by atoms with Gasteiger partial charge in [-0.2, -0.15) is 0 Å². The smallest absolute Gasteiger partial charge is 0.178 e. The number of hydrogen-bond acceptors (Lipinski definition) is 3. The Morgan fingerprint density at radius 3 is 2.59 bits per heavy atom. The molecule has 0 amide bonds. The SMILES string of the molecule is CCCCc1nccn1CCCCS(=O)(=O)c1ccccc1. The van der Waals surface area contributed by atoms with Gasteiger partial charge in [-0.1, -0.05) is 31.5 Å². The molecular weight excluding hydrogens is 296 g/mol. The Labute approximate surface area is 133 Å². The number of benzene rings is 1. The summed E-state index contributed by atoms with van der Waals surface area (Å²) in [5, 5.41) is 0. The van der Waals surface area contributed by atoms with Crippen LogP contribution in [0, 0.1) is 0 Å².